The van der Waals surface area contributed by atoms with Crippen LogP contribution in [0.4, 0.5) is 0 Å². The van der Waals surface area contributed by atoms with Crippen LogP contribution in [0.15, 0.2) is 60.0 Å². The van der Waals surface area contributed by atoms with Crippen molar-refractivity contribution in [1.82, 2.24) is 4.90 Å². The van der Waals surface area contributed by atoms with Gasteiger partial charge in [-0.1, -0.05) is 54.1 Å². The zero-order chi connectivity index (χ0) is 13.1. The van der Waals surface area contributed by atoms with E-state index in [0.29, 0.717) is 0 Å². The molecule has 0 aliphatic carbocycles. The molecule has 0 saturated carbocycles. The van der Waals surface area contributed by atoms with Gasteiger partial charge in [-0.15, -0.1) is 11.8 Å². The Hall–Kier alpha value is -1.38. The minimum absolute atomic E-state index is 0.782. The summed E-state index contributed by atoms with van der Waals surface area (Å²) in [6.07, 6.45) is 0. The summed E-state index contributed by atoms with van der Waals surface area (Å²) in [7, 11) is 0. The molecular formula is C16H14ClNS. The lowest BCUT2D eigenvalue weighted by Crippen LogP contribution is -2.17. The SMILES string of the molecule is Clc1ccc(C2=CSCN2Cc2ccccc2)cc1. The van der Waals surface area contributed by atoms with Crippen LogP contribution in [0.1, 0.15) is 11.1 Å². The second-order valence-corrected chi connectivity index (χ2v) is 5.75. The molecule has 0 radical (unpaired) electrons. The number of nitrogens with zero attached hydrogens (tertiary/aromatic N) is 1. The summed E-state index contributed by atoms with van der Waals surface area (Å²) in [5.74, 6) is 1.01. The Bertz CT molecular complexity index is 577. The van der Waals surface area contributed by atoms with E-state index in [1.165, 1.54) is 16.8 Å². The van der Waals surface area contributed by atoms with Gasteiger partial charge in [0.15, 0.2) is 0 Å². The first-order valence-corrected chi connectivity index (χ1v) is 7.62. The van der Waals surface area contributed by atoms with E-state index in [-0.39, 0.29) is 0 Å². The van der Waals surface area contributed by atoms with Crippen molar-refractivity contribution in [3.63, 3.8) is 0 Å². The number of hydrogen-bond acceptors (Lipinski definition) is 2. The van der Waals surface area contributed by atoms with Gasteiger partial charge in [-0.05, 0) is 28.7 Å². The van der Waals surface area contributed by atoms with Crippen LogP contribution in [0.25, 0.3) is 5.70 Å². The minimum Gasteiger partial charge on any atom is -0.357 e. The average molecular weight is 288 g/mol. The molecule has 0 bridgehead atoms. The second-order valence-electron chi connectivity index (χ2n) is 4.49. The topological polar surface area (TPSA) is 3.24 Å². The number of thioether (sulfide) groups is 1. The van der Waals surface area contributed by atoms with Gasteiger partial charge in [0.2, 0.25) is 0 Å². The van der Waals surface area contributed by atoms with E-state index in [2.05, 4.69) is 52.8 Å². The van der Waals surface area contributed by atoms with Crippen LogP contribution >= 0.6 is 23.4 Å². The standard InChI is InChI=1S/C16H14ClNS/c17-15-8-6-14(7-9-15)16-11-19-12-18(16)10-13-4-2-1-3-5-13/h1-9,11H,10,12H2. The minimum atomic E-state index is 0.782. The van der Waals surface area contributed by atoms with Crippen LogP contribution in [-0.4, -0.2) is 10.8 Å². The summed E-state index contributed by atoms with van der Waals surface area (Å²) in [6.45, 7) is 0.947. The summed E-state index contributed by atoms with van der Waals surface area (Å²) < 4.78 is 0. The highest BCUT2D eigenvalue weighted by Gasteiger charge is 2.17. The van der Waals surface area contributed by atoms with Crippen molar-refractivity contribution in [3.05, 3.63) is 76.2 Å². The smallest absolute Gasteiger partial charge is 0.0684 e. The van der Waals surface area contributed by atoms with E-state index in [0.717, 1.165) is 17.4 Å². The summed E-state index contributed by atoms with van der Waals surface area (Å²) in [6, 6.07) is 18.6. The van der Waals surface area contributed by atoms with Crippen LogP contribution in [0.3, 0.4) is 0 Å². The maximum Gasteiger partial charge on any atom is 0.0684 e. The Morgan fingerprint density at radius 1 is 1.00 bits per heavy atom. The van der Waals surface area contributed by atoms with Gasteiger partial charge in [-0.2, -0.15) is 0 Å². The highest BCUT2D eigenvalue weighted by atomic mass is 35.5. The van der Waals surface area contributed by atoms with Gasteiger partial charge in [-0.3, -0.25) is 0 Å². The fourth-order valence-electron chi connectivity index (χ4n) is 2.16. The molecular weight excluding hydrogens is 274 g/mol. The summed E-state index contributed by atoms with van der Waals surface area (Å²) >= 11 is 7.79. The predicted octanol–water partition coefficient (Wildman–Crippen LogP) is 4.84. The first-order chi connectivity index (χ1) is 9.33. The molecule has 0 N–H and O–H groups in total. The average Bonchev–Trinajstić information content (AvgIpc) is 2.89. The lowest BCUT2D eigenvalue weighted by atomic mass is 10.1. The summed E-state index contributed by atoms with van der Waals surface area (Å²) in [5.41, 5.74) is 3.85. The molecule has 0 amide bonds. The highest BCUT2D eigenvalue weighted by Crippen LogP contribution is 2.32. The maximum atomic E-state index is 5.95. The van der Waals surface area contributed by atoms with Crippen molar-refractivity contribution < 1.29 is 0 Å². The third-order valence-corrected chi connectivity index (χ3v) is 4.22. The van der Waals surface area contributed by atoms with Crippen LogP contribution in [0.2, 0.25) is 5.02 Å². The molecule has 1 aliphatic heterocycles. The third-order valence-electron chi connectivity index (χ3n) is 3.12. The highest BCUT2D eigenvalue weighted by molar-refractivity contribution is 8.02. The molecule has 0 unspecified atom stereocenters. The number of benzene rings is 2. The van der Waals surface area contributed by atoms with Gasteiger partial charge in [-0.25, -0.2) is 0 Å². The molecule has 1 heterocycles. The van der Waals surface area contributed by atoms with Crippen molar-refractivity contribution in [2.24, 2.45) is 0 Å². The maximum absolute atomic E-state index is 5.95. The van der Waals surface area contributed by atoms with Gasteiger partial charge >= 0.3 is 0 Å². The largest absolute Gasteiger partial charge is 0.357 e. The first-order valence-electron chi connectivity index (χ1n) is 6.19. The molecule has 0 aromatic heterocycles. The van der Waals surface area contributed by atoms with Gasteiger partial charge < -0.3 is 4.90 Å². The van der Waals surface area contributed by atoms with Gasteiger partial charge in [0.05, 0.1) is 11.6 Å². The monoisotopic (exact) mass is 287 g/mol. The first kappa shape index (κ1) is 12.6. The van der Waals surface area contributed by atoms with Crippen LogP contribution < -0.4 is 0 Å². The normalized spacial score (nSPS) is 14.6. The lowest BCUT2D eigenvalue weighted by molar-refractivity contribution is 0.464. The molecule has 19 heavy (non-hydrogen) atoms. The van der Waals surface area contributed by atoms with E-state index < -0.39 is 0 Å². The van der Waals surface area contributed by atoms with Gasteiger partial charge in [0, 0.05) is 11.6 Å². The van der Waals surface area contributed by atoms with Crippen molar-refractivity contribution in [2.45, 2.75) is 6.54 Å². The molecule has 0 saturated heterocycles. The number of rotatable bonds is 3. The molecule has 0 spiro atoms. The Morgan fingerprint density at radius 2 is 1.74 bits per heavy atom. The zero-order valence-corrected chi connectivity index (χ0v) is 12.0. The fraction of sp³-hybridized carbons (Fsp3) is 0.125. The molecule has 2 aromatic rings. The molecule has 2 aromatic carbocycles. The summed E-state index contributed by atoms with van der Waals surface area (Å²) in [4.78, 5) is 2.39. The van der Waals surface area contributed by atoms with Crippen LogP contribution in [0, 0.1) is 0 Å². The molecule has 3 rings (SSSR count). The lowest BCUT2D eigenvalue weighted by Gasteiger charge is -2.22. The molecule has 3 heteroatoms. The molecule has 0 fully saturated rings. The Morgan fingerprint density at radius 3 is 2.47 bits per heavy atom. The van der Waals surface area contributed by atoms with Crippen LogP contribution in [-0.2, 0) is 6.54 Å². The summed E-state index contributed by atoms with van der Waals surface area (Å²) in [5, 5.41) is 3.01. The molecule has 1 aliphatic rings. The van der Waals surface area contributed by atoms with E-state index in [1.54, 1.807) is 0 Å². The van der Waals surface area contributed by atoms with E-state index >= 15 is 0 Å². The van der Waals surface area contributed by atoms with Crippen molar-refractivity contribution in [3.8, 4) is 0 Å². The van der Waals surface area contributed by atoms with E-state index in [1.807, 2.05) is 23.9 Å². The zero-order valence-electron chi connectivity index (χ0n) is 10.4. The van der Waals surface area contributed by atoms with Gasteiger partial charge in [0.1, 0.15) is 0 Å². The van der Waals surface area contributed by atoms with Crippen LogP contribution in [0.5, 0.6) is 0 Å². The Balaban J connectivity index is 1.80. The predicted molar refractivity (Wildman–Crippen MR) is 83.9 cm³/mol. The van der Waals surface area contributed by atoms with E-state index in [9.17, 15) is 0 Å². The van der Waals surface area contributed by atoms with Crippen molar-refractivity contribution in [2.75, 3.05) is 5.88 Å². The molecule has 1 nitrogen and oxygen atoms in total. The molecule has 0 atom stereocenters. The van der Waals surface area contributed by atoms with Gasteiger partial charge in [0.25, 0.3) is 0 Å². The quantitative estimate of drug-likeness (QED) is 0.794. The Labute approximate surface area is 122 Å². The number of hydrogen-bond donors (Lipinski definition) is 0. The third kappa shape index (κ3) is 2.96. The van der Waals surface area contributed by atoms with E-state index in [4.69, 9.17) is 11.6 Å². The fourth-order valence-corrected chi connectivity index (χ4v) is 3.21. The van der Waals surface area contributed by atoms with Crippen molar-refractivity contribution in [1.29, 1.82) is 0 Å². The second kappa shape index (κ2) is 5.72. The Kier molecular flexibility index (Phi) is 3.81. The molecule has 96 valence electrons. The van der Waals surface area contributed by atoms with Crippen molar-refractivity contribution >= 4 is 29.1 Å². The number of halogens is 1.